The molecule has 1 atom stereocenters. The minimum absolute atomic E-state index is 0.0407. The van der Waals surface area contributed by atoms with Gasteiger partial charge >= 0.3 is 5.97 Å². The molecule has 150 valence electrons. The highest BCUT2D eigenvalue weighted by molar-refractivity contribution is 5.79. The number of methoxy groups -OCH3 is 1. The number of aromatic nitrogens is 1. The second-order valence-corrected chi connectivity index (χ2v) is 7.51. The lowest BCUT2D eigenvalue weighted by molar-refractivity contribution is -0.143. The number of halogens is 1. The zero-order valence-corrected chi connectivity index (χ0v) is 16.4. The van der Waals surface area contributed by atoms with Crippen LogP contribution in [0.1, 0.15) is 42.9 Å². The number of rotatable bonds is 6. The van der Waals surface area contributed by atoms with Gasteiger partial charge in [-0.05, 0) is 48.6 Å². The number of pyridine rings is 1. The lowest BCUT2D eigenvalue weighted by atomic mass is 9.85. The monoisotopic (exact) mass is 393 g/mol. The molecule has 0 aliphatic heterocycles. The molecule has 0 radical (unpaired) electrons. The number of hydrogen-bond donors (Lipinski definition) is 0. The summed E-state index contributed by atoms with van der Waals surface area (Å²) in [5, 5.41) is 0.763. The fourth-order valence-electron chi connectivity index (χ4n) is 4.17. The lowest BCUT2D eigenvalue weighted by Crippen LogP contribution is -2.21. The van der Waals surface area contributed by atoms with Gasteiger partial charge in [0, 0.05) is 5.39 Å². The van der Waals surface area contributed by atoms with Gasteiger partial charge in [-0.3, -0.25) is 4.79 Å². The molecule has 1 saturated carbocycles. The largest absolute Gasteiger partial charge is 0.487 e. The normalized spacial score (nSPS) is 15.4. The van der Waals surface area contributed by atoms with Crippen LogP contribution in [-0.2, 0) is 16.1 Å². The Balaban J connectivity index is 1.48. The average Bonchev–Trinajstić information content (AvgIpc) is 3.27. The SMILES string of the molecule is COC(=O)C(c1ccc(OCc2nc3ccccc3cc2F)cc1)C1CCCC1. The number of carbonyl (C=O) groups excluding carboxylic acids is 1. The first-order chi connectivity index (χ1) is 14.2. The Labute approximate surface area is 169 Å². The summed E-state index contributed by atoms with van der Waals surface area (Å²) >= 11 is 0. The van der Waals surface area contributed by atoms with Crippen molar-refractivity contribution in [3.8, 4) is 5.75 Å². The maximum Gasteiger partial charge on any atom is 0.313 e. The maximum atomic E-state index is 14.3. The van der Waals surface area contributed by atoms with E-state index >= 15 is 0 Å². The van der Waals surface area contributed by atoms with Crippen molar-refractivity contribution in [2.45, 2.75) is 38.2 Å². The summed E-state index contributed by atoms with van der Waals surface area (Å²) < 4.78 is 25.1. The Morgan fingerprint density at radius 3 is 2.59 bits per heavy atom. The number of esters is 1. The van der Waals surface area contributed by atoms with Crippen molar-refractivity contribution >= 4 is 16.9 Å². The van der Waals surface area contributed by atoms with Crippen LogP contribution in [0, 0.1) is 11.7 Å². The lowest BCUT2D eigenvalue weighted by Gasteiger charge is -2.21. The summed E-state index contributed by atoms with van der Waals surface area (Å²) in [5.41, 5.74) is 1.94. The van der Waals surface area contributed by atoms with Gasteiger partial charge in [0.25, 0.3) is 0 Å². The number of fused-ring (bicyclic) bond motifs is 1. The molecule has 4 nitrogen and oxygen atoms in total. The van der Waals surface area contributed by atoms with E-state index in [1.54, 1.807) is 0 Å². The van der Waals surface area contributed by atoms with E-state index in [0.717, 1.165) is 42.1 Å². The zero-order valence-electron chi connectivity index (χ0n) is 16.4. The molecule has 0 amide bonds. The van der Waals surface area contributed by atoms with E-state index in [0.29, 0.717) is 11.7 Å². The molecule has 0 bridgehead atoms. The third-order valence-electron chi connectivity index (χ3n) is 5.69. The van der Waals surface area contributed by atoms with E-state index in [1.165, 1.54) is 13.2 Å². The first-order valence-corrected chi connectivity index (χ1v) is 10.0. The second kappa shape index (κ2) is 8.60. The summed E-state index contributed by atoms with van der Waals surface area (Å²) in [5.74, 6) is 0.125. The van der Waals surface area contributed by atoms with E-state index in [-0.39, 0.29) is 30.0 Å². The minimum Gasteiger partial charge on any atom is -0.487 e. The van der Waals surface area contributed by atoms with Gasteiger partial charge in [0.1, 0.15) is 23.9 Å². The van der Waals surface area contributed by atoms with Crippen molar-refractivity contribution in [1.82, 2.24) is 4.98 Å². The van der Waals surface area contributed by atoms with Gasteiger partial charge in [-0.2, -0.15) is 0 Å². The number of benzene rings is 2. The minimum atomic E-state index is -0.382. The molecule has 29 heavy (non-hydrogen) atoms. The zero-order chi connectivity index (χ0) is 20.2. The van der Waals surface area contributed by atoms with Crippen molar-refractivity contribution in [2.24, 2.45) is 5.92 Å². The molecule has 3 aromatic rings. The number of nitrogens with zero attached hydrogens (tertiary/aromatic N) is 1. The van der Waals surface area contributed by atoms with Gasteiger partial charge in [-0.25, -0.2) is 9.37 Å². The Morgan fingerprint density at radius 1 is 1.14 bits per heavy atom. The molecule has 0 spiro atoms. The molecule has 1 unspecified atom stereocenters. The molecule has 1 aliphatic carbocycles. The molecule has 0 N–H and O–H groups in total. The van der Waals surface area contributed by atoms with Gasteiger partial charge in [0.2, 0.25) is 0 Å². The Bertz CT molecular complexity index is 997. The fraction of sp³-hybridized carbons (Fsp3) is 0.333. The van der Waals surface area contributed by atoms with Gasteiger partial charge in [0.05, 0.1) is 18.5 Å². The standard InChI is InChI=1S/C24H24FNO3/c1-28-24(27)23(16-6-2-3-7-16)17-10-12-19(13-11-17)29-15-22-20(25)14-18-8-4-5-9-21(18)26-22/h4-5,8-14,16,23H,2-3,6-7,15H2,1H3. The van der Waals surface area contributed by atoms with Gasteiger partial charge in [-0.1, -0.05) is 43.2 Å². The summed E-state index contributed by atoms with van der Waals surface area (Å²) in [6.07, 6.45) is 4.41. The highest BCUT2D eigenvalue weighted by Gasteiger charge is 2.32. The van der Waals surface area contributed by atoms with Crippen LogP contribution >= 0.6 is 0 Å². The van der Waals surface area contributed by atoms with E-state index in [9.17, 15) is 9.18 Å². The predicted molar refractivity (Wildman–Crippen MR) is 109 cm³/mol. The molecular formula is C24H24FNO3. The topological polar surface area (TPSA) is 48.4 Å². The molecular weight excluding hydrogens is 369 g/mol. The fourth-order valence-corrected chi connectivity index (χ4v) is 4.17. The summed E-state index contributed by atoms with van der Waals surface area (Å²) in [6, 6.07) is 16.3. The van der Waals surface area contributed by atoms with Crippen LogP contribution in [0.15, 0.2) is 54.6 Å². The predicted octanol–water partition coefficient (Wildman–Crippen LogP) is 5.40. The van der Waals surface area contributed by atoms with Gasteiger partial charge < -0.3 is 9.47 Å². The van der Waals surface area contributed by atoms with Crippen molar-refractivity contribution in [3.05, 3.63) is 71.7 Å². The summed E-state index contributed by atoms with van der Waals surface area (Å²) in [6.45, 7) is 0.0407. The smallest absolute Gasteiger partial charge is 0.313 e. The molecule has 1 aliphatic rings. The van der Waals surface area contributed by atoms with Crippen LogP contribution in [0.2, 0.25) is 0 Å². The molecule has 1 fully saturated rings. The molecule has 1 aromatic heterocycles. The molecule has 1 heterocycles. The third-order valence-corrected chi connectivity index (χ3v) is 5.69. The van der Waals surface area contributed by atoms with Crippen molar-refractivity contribution in [1.29, 1.82) is 0 Å². The van der Waals surface area contributed by atoms with Crippen LogP contribution in [0.3, 0.4) is 0 Å². The molecule has 5 heteroatoms. The molecule has 0 saturated heterocycles. The third kappa shape index (κ3) is 4.24. The highest BCUT2D eigenvalue weighted by Crippen LogP contribution is 2.38. The number of carbonyl (C=O) groups is 1. The number of para-hydroxylation sites is 1. The van der Waals surface area contributed by atoms with Crippen LogP contribution in [0.25, 0.3) is 10.9 Å². The molecule has 2 aromatic carbocycles. The van der Waals surface area contributed by atoms with Crippen molar-refractivity contribution in [2.75, 3.05) is 7.11 Å². The van der Waals surface area contributed by atoms with E-state index in [2.05, 4.69) is 4.98 Å². The average molecular weight is 393 g/mol. The quantitative estimate of drug-likeness (QED) is 0.526. The van der Waals surface area contributed by atoms with Gasteiger partial charge in [-0.15, -0.1) is 0 Å². The van der Waals surface area contributed by atoms with E-state index in [1.807, 2.05) is 48.5 Å². The Kier molecular flexibility index (Phi) is 5.74. The van der Waals surface area contributed by atoms with Crippen LogP contribution < -0.4 is 4.74 Å². The highest BCUT2D eigenvalue weighted by atomic mass is 19.1. The van der Waals surface area contributed by atoms with Crippen LogP contribution in [0.5, 0.6) is 5.75 Å². The first-order valence-electron chi connectivity index (χ1n) is 10.0. The van der Waals surface area contributed by atoms with E-state index < -0.39 is 0 Å². The summed E-state index contributed by atoms with van der Waals surface area (Å²) in [7, 11) is 1.44. The molecule has 4 rings (SSSR count). The summed E-state index contributed by atoms with van der Waals surface area (Å²) in [4.78, 5) is 16.7. The van der Waals surface area contributed by atoms with E-state index in [4.69, 9.17) is 9.47 Å². The Hall–Kier alpha value is -2.95. The van der Waals surface area contributed by atoms with Crippen molar-refractivity contribution < 1.29 is 18.7 Å². The number of ether oxygens (including phenoxy) is 2. The maximum absolute atomic E-state index is 14.3. The first kappa shape index (κ1) is 19.4. The van der Waals surface area contributed by atoms with Crippen LogP contribution in [-0.4, -0.2) is 18.1 Å². The van der Waals surface area contributed by atoms with Crippen LogP contribution in [0.4, 0.5) is 4.39 Å². The number of hydrogen-bond acceptors (Lipinski definition) is 4. The van der Waals surface area contributed by atoms with Crippen molar-refractivity contribution in [3.63, 3.8) is 0 Å². The van der Waals surface area contributed by atoms with Gasteiger partial charge in [0.15, 0.2) is 0 Å². The Morgan fingerprint density at radius 2 is 1.86 bits per heavy atom. The second-order valence-electron chi connectivity index (χ2n) is 7.51.